The van der Waals surface area contributed by atoms with E-state index < -0.39 is 0 Å². The summed E-state index contributed by atoms with van der Waals surface area (Å²) in [5, 5.41) is 7.98. The Kier molecular flexibility index (Phi) is 5.06. The summed E-state index contributed by atoms with van der Waals surface area (Å²) < 4.78 is 0. The molecule has 1 amide bonds. The second kappa shape index (κ2) is 7.00. The summed E-state index contributed by atoms with van der Waals surface area (Å²) in [4.78, 5) is 20.6. The molecule has 0 unspecified atom stereocenters. The van der Waals surface area contributed by atoms with Crippen molar-refractivity contribution < 1.29 is 4.79 Å². The zero-order valence-corrected chi connectivity index (χ0v) is 12.5. The van der Waals surface area contributed by atoms with Crippen LogP contribution in [0.2, 0.25) is 0 Å². The number of anilines is 1. The number of hydrogen-bond donors (Lipinski definition) is 2. The standard InChI is InChI=1S/C14H18N4OS/c1-3-4-15-13-6-11(5-10(2)18-13)14(19)16-7-12-8-20-9-17-12/h5-6,8-9H,3-4,7H2,1-2H3,(H,15,18)(H,16,19). The van der Waals surface area contributed by atoms with Gasteiger partial charge in [-0.05, 0) is 25.5 Å². The lowest BCUT2D eigenvalue weighted by Gasteiger charge is -2.08. The van der Waals surface area contributed by atoms with Crippen molar-refractivity contribution in [3.05, 3.63) is 40.0 Å². The molecule has 0 spiro atoms. The van der Waals surface area contributed by atoms with E-state index in [9.17, 15) is 4.79 Å². The van der Waals surface area contributed by atoms with E-state index in [1.807, 2.05) is 12.3 Å². The molecule has 0 aromatic carbocycles. The van der Waals surface area contributed by atoms with Crippen molar-refractivity contribution in [1.82, 2.24) is 15.3 Å². The van der Waals surface area contributed by atoms with Crippen LogP contribution in [-0.4, -0.2) is 22.4 Å². The Labute approximate surface area is 122 Å². The third-order valence-corrected chi connectivity index (χ3v) is 3.32. The van der Waals surface area contributed by atoms with Crippen LogP contribution in [0.5, 0.6) is 0 Å². The Hall–Kier alpha value is -1.95. The lowest BCUT2D eigenvalue weighted by atomic mass is 10.2. The molecule has 0 radical (unpaired) electrons. The number of amides is 1. The highest BCUT2D eigenvalue weighted by atomic mass is 32.1. The summed E-state index contributed by atoms with van der Waals surface area (Å²) >= 11 is 1.52. The van der Waals surface area contributed by atoms with Gasteiger partial charge in [0.15, 0.2) is 0 Å². The van der Waals surface area contributed by atoms with Crippen molar-refractivity contribution >= 4 is 23.1 Å². The van der Waals surface area contributed by atoms with Crippen molar-refractivity contribution in [1.29, 1.82) is 0 Å². The molecule has 2 rings (SSSR count). The molecular weight excluding hydrogens is 272 g/mol. The molecule has 20 heavy (non-hydrogen) atoms. The maximum atomic E-state index is 12.1. The van der Waals surface area contributed by atoms with Crippen LogP contribution >= 0.6 is 11.3 Å². The molecule has 6 heteroatoms. The summed E-state index contributed by atoms with van der Waals surface area (Å²) in [6.07, 6.45) is 1.01. The number of rotatable bonds is 6. The van der Waals surface area contributed by atoms with Gasteiger partial charge in [-0.25, -0.2) is 9.97 Å². The van der Waals surface area contributed by atoms with E-state index in [1.54, 1.807) is 17.6 Å². The van der Waals surface area contributed by atoms with E-state index in [1.165, 1.54) is 11.3 Å². The average Bonchev–Trinajstić information content (AvgIpc) is 2.95. The molecule has 2 aromatic rings. The van der Waals surface area contributed by atoms with Crippen LogP contribution in [0.15, 0.2) is 23.0 Å². The van der Waals surface area contributed by atoms with Gasteiger partial charge in [-0.3, -0.25) is 4.79 Å². The molecule has 0 atom stereocenters. The van der Waals surface area contributed by atoms with Gasteiger partial charge >= 0.3 is 0 Å². The van der Waals surface area contributed by atoms with Crippen LogP contribution in [0.25, 0.3) is 0 Å². The molecule has 2 heterocycles. The fourth-order valence-corrected chi connectivity index (χ4v) is 2.30. The third-order valence-electron chi connectivity index (χ3n) is 2.69. The Bertz CT molecular complexity index is 569. The van der Waals surface area contributed by atoms with Crippen LogP contribution < -0.4 is 10.6 Å². The molecule has 0 saturated carbocycles. The predicted octanol–water partition coefficient (Wildman–Crippen LogP) is 2.60. The first-order chi connectivity index (χ1) is 9.69. The molecule has 5 nitrogen and oxygen atoms in total. The average molecular weight is 290 g/mol. The molecule has 0 saturated heterocycles. The van der Waals surface area contributed by atoms with Gasteiger partial charge in [-0.15, -0.1) is 11.3 Å². The van der Waals surface area contributed by atoms with Gasteiger partial charge in [-0.2, -0.15) is 0 Å². The van der Waals surface area contributed by atoms with Gasteiger partial charge < -0.3 is 10.6 Å². The number of carbonyl (C=O) groups excluding carboxylic acids is 1. The van der Waals surface area contributed by atoms with E-state index in [4.69, 9.17) is 0 Å². The first-order valence-corrected chi connectivity index (χ1v) is 7.51. The highest BCUT2D eigenvalue weighted by molar-refractivity contribution is 7.07. The topological polar surface area (TPSA) is 66.9 Å². The Morgan fingerprint density at radius 3 is 2.95 bits per heavy atom. The zero-order valence-electron chi connectivity index (χ0n) is 11.6. The van der Waals surface area contributed by atoms with Crippen LogP contribution in [-0.2, 0) is 6.54 Å². The maximum Gasteiger partial charge on any atom is 0.251 e. The fraction of sp³-hybridized carbons (Fsp3) is 0.357. The predicted molar refractivity (Wildman–Crippen MR) is 81.0 cm³/mol. The van der Waals surface area contributed by atoms with E-state index in [0.29, 0.717) is 12.1 Å². The number of nitrogens with zero attached hydrogens (tertiary/aromatic N) is 2. The molecule has 0 aliphatic rings. The van der Waals surface area contributed by atoms with Gasteiger partial charge in [0, 0.05) is 23.2 Å². The van der Waals surface area contributed by atoms with Crippen LogP contribution in [0.3, 0.4) is 0 Å². The fourth-order valence-electron chi connectivity index (χ4n) is 1.74. The monoisotopic (exact) mass is 290 g/mol. The van der Waals surface area contributed by atoms with Crippen LogP contribution in [0.4, 0.5) is 5.82 Å². The Morgan fingerprint density at radius 1 is 1.40 bits per heavy atom. The van der Waals surface area contributed by atoms with Gasteiger partial charge in [-0.1, -0.05) is 6.92 Å². The molecule has 2 N–H and O–H groups in total. The number of aryl methyl sites for hydroxylation is 1. The summed E-state index contributed by atoms with van der Waals surface area (Å²) in [6, 6.07) is 3.56. The summed E-state index contributed by atoms with van der Waals surface area (Å²) in [6.45, 7) is 5.26. The van der Waals surface area contributed by atoms with Gasteiger partial charge in [0.25, 0.3) is 5.91 Å². The summed E-state index contributed by atoms with van der Waals surface area (Å²) in [5.74, 6) is 0.633. The van der Waals surface area contributed by atoms with Crippen LogP contribution in [0, 0.1) is 6.92 Å². The number of carbonyl (C=O) groups is 1. The van der Waals surface area contributed by atoms with Crippen LogP contribution in [0.1, 0.15) is 35.1 Å². The molecule has 2 aromatic heterocycles. The van der Waals surface area contributed by atoms with Crippen molar-refractivity contribution in [3.63, 3.8) is 0 Å². The Morgan fingerprint density at radius 2 is 2.25 bits per heavy atom. The molecule has 0 fully saturated rings. The van der Waals surface area contributed by atoms with Crippen molar-refractivity contribution in [2.24, 2.45) is 0 Å². The summed E-state index contributed by atoms with van der Waals surface area (Å²) in [7, 11) is 0. The van der Waals surface area contributed by atoms with E-state index >= 15 is 0 Å². The minimum Gasteiger partial charge on any atom is -0.370 e. The highest BCUT2D eigenvalue weighted by Crippen LogP contribution is 2.10. The smallest absolute Gasteiger partial charge is 0.251 e. The zero-order chi connectivity index (χ0) is 14.4. The van der Waals surface area contributed by atoms with E-state index in [-0.39, 0.29) is 5.91 Å². The highest BCUT2D eigenvalue weighted by Gasteiger charge is 2.08. The summed E-state index contributed by atoms with van der Waals surface area (Å²) in [5.41, 5.74) is 4.07. The normalized spacial score (nSPS) is 10.3. The van der Waals surface area contributed by atoms with Gasteiger partial charge in [0.2, 0.25) is 0 Å². The minimum atomic E-state index is -0.108. The SMILES string of the molecule is CCCNc1cc(C(=O)NCc2cscn2)cc(C)n1. The van der Waals surface area contributed by atoms with Crippen molar-refractivity contribution in [2.45, 2.75) is 26.8 Å². The molecule has 0 aliphatic heterocycles. The van der Waals surface area contributed by atoms with E-state index in [0.717, 1.165) is 30.2 Å². The number of nitrogens with one attached hydrogen (secondary N) is 2. The lowest BCUT2D eigenvalue weighted by Crippen LogP contribution is -2.23. The second-order valence-corrected chi connectivity index (χ2v) is 5.19. The maximum absolute atomic E-state index is 12.1. The number of hydrogen-bond acceptors (Lipinski definition) is 5. The first kappa shape index (κ1) is 14.5. The van der Waals surface area contributed by atoms with Gasteiger partial charge in [0.1, 0.15) is 5.82 Å². The van der Waals surface area contributed by atoms with Crippen molar-refractivity contribution in [2.75, 3.05) is 11.9 Å². The number of aromatic nitrogens is 2. The number of thiazole rings is 1. The third kappa shape index (κ3) is 4.03. The number of pyridine rings is 1. The second-order valence-electron chi connectivity index (χ2n) is 4.47. The molecular formula is C14H18N4OS. The lowest BCUT2D eigenvalue weighted by molar-refractivity contribution is 0.0950. The van der Waals surface area contributed by atoms with Gasteiger partial charge in [0.05, 0.1) is 17.7 Å². The quantitative estimate of drug-likeness (QED) is 0.858. The van der Waals surface area contributed by atoms with Crippen molar-refractivity contribution in [3.8, 4) is 0 Å². The van der Waals surface area contributed by atoms with E-state index in [2.05, 4.69) is 27.5 Å². The molecule has 106 valence electrons. The largest absolute Gasteiger partial charge is 0.370 e. The molecule has 0 bridgehead atoms. The Balaban J connectivity index is 2.02. The molecule has 0 aliphatic carbocycles. The minimum absolute atomic E-state index is 0.108. The first-order valence-electron chi connectivity index (χ1n) is 6.57.